The van der Waals surface area contributed by atoms with E-state index in [0.717, 1.165) is 17.4 Å². The number of nitrogens with one attached hydrogen (secondary N) is 1. The highest BCUT2D eigenvalue weighted by molar-refractivity contribution is 9.39. The lowest BCUT2D eigenvalue weighted by Gasteiger charge is -2.22. The Kier molecular flexibility index (Phi) is 8.29. The van der Waals surface area contributed by atoms with Gasteiger partial charge in [0.25, 0.3) is 5.95 Å². The van der Waals surface area contributed by atoms with E-state index >= 15 is 0 Å². The molecule has 0 aromatic carbocycles. The van der Waals surface area contributed by atoms with Crippen molar-refractivity contribution in [1.29, 1.82) is 0 Å². The van der Waals surface area contributed by atoms with Crippen molar-refractivity contribution in [2.24, 2.45) is 9.98 Å². The van der Waals surface area contributed by atoms with Gasteiger partial charge in [0.2, 0.25) is 0 Å². The first-order valence-corrected chi connectivity index (χ1v) is 11.7. The fraction of sp³-hybridized carbons (Fsp3) is 0.429. The summed E-state index contributed by atoms with van der Waals surface area (Å²) >= 11 is 21.0. The van der Waals surface area contributed by atoms with Gasteiger partial charge in [-0.05, 0) is 12.1 Å². The Hall–Kier alpha value is 0.840. The Balaban J connectivity index is 2.20. The zero-order valence-corrected chi connectivity index (χ0v) is 22.3. The number of ether oxygens (including phenoxy) is 1. The van der Waals surface area contributed by atoms with Crippen molar-refractivity contribution in [3.05, 3.63) is 29.8 Å². The number of rotatable bonds is 5. The van der Waals surface area contributed by atoms with Crippen molar-refractivity contribution in [3.63, 3.8) is 0 Å². The van der Waals surface area contributed by atoms with E-state index in [-0.39, 0.29) is 0 Å². The third-order valence-corrected chi connectivity index (χ3v) is 4.53. The zero-order chi connectivity index (χ0) is 18.7. The summed E-state index contributed by atoms with van der Waals surface area (Å²) < 4.78 is 9.69. The summed E-state index contributed by atoms with van der Waals surface area (Å²) in [4.78, 5) is 9.12. The van der Waals surface area contributed by atoms with E-state index in [4.69, 9.17) is 9.15 Å². The average Bonchev–Trinajstić information content (AvgIpc) is 2.89. The van der Waals surface area contributed by atoms with Gasteiger partial charge in [0, 0.05) is 25.3 Å². The van der Waals surface area contributed by atoms with Crippen molar-refractivity contribution < 1.29 is 9.15 Å². The van der Waals surface area contributed by atoms with Gasteiger partial charge in [-0.1, -0.05) is 95.6 Å². The second kappa shape index (κ2) is 9.36. The van der Waals surface area contributed by atoms with Crippen LogP contribution in [0, 0.1) is 0 Å². The lowest BCUT2D eigenvalue weighted by Crippen LogP contribution is -2.37. The summed E-state index contributed by atoms with van der Waals surface area (Å²) in [7, 11) is 1.57. The first kappa shape index (κ1) is 22.1. The van der Waals surface area contributed by atoms with Crippen LogP contribution in [0.15, 0.2) is 38.4 Å². The van der Waals surface area contributed by atoms with Crippen LogP contribution in [0.5, 0.6) is 5.95 Å². The average molecular weight is 735 g/mol. The van der Waals surface area contributed by atoms with Gasteiger partial charge in [0.15, 0.2) is 5.82 Å². The number of methoxy groups -OCH3 is 1. The molecule has 11 heteroatoms. The van der Waals surface area contributed by atoms with E-state index < -0.39 is 4.29 Å². The lowest BCUT2D eigenvalue weighted by atomic mass is 10.3. The van der Waals surface area contributed by atoms with Crippen LogP contribution in [0.4, 0.5) is 0 Å². The van der Waals surface area contributed by atoms with E-state index in [1.165, 1.54) is 0 Å². The van der Waals surface area contributed by atoms with Crippen LogP contribution in [0.25, 0.3) is 0 Å². The molecular weight excluding hydrogens is 722 g/mol. The van der Waals surface area contributed by atoms with E-state index in [1.807, 2.05) is 12.1 Å². The minimum atomic E-state index is -0.435. The molecule has 2 heterocycles. The number of allylic oxidation sites excluding steroid dienone is 1. The molecule has 1 aliphatic rings. The maximum absolute atomic E-state index is 5.51. The van der Waals surface area contributed by atoms with E-state index in [1.54, 1.807) is 13.2 Å². The van der Waals surface area contributed by atoms with Crippen molar-refractivity contribution in [2.45, 2.75) is 23.5 Å². The lowest BCUT2D eigenvalue weighted by molar-refractivity contribution is 0.296. The van der Waals surface area contributed by atoms with Crippen molar-refractivity contribution >= 4 is 107 Å². The fourth-order valence-corrected chi connectivity index (χ4v) is 3.53. The first-order valence-electron chi connectivity index (χ1n) is 6.92. The number of furan rings is 1. The zero-order valence-electron chi connectivity index (χ0n) is 12.8. The van der Waals surface area contributed by atoms with Crippen LogP contribution < -0.4 is 10.1 Å². The SMILES string of the molecule is COc1ccc(CC=C2N=C(CC(Br)(Br)Br)NC(CC(Br)(Br)Br)=N2)o1. The summed E-state index contributed by atoms with van der Waals surface area (Å²) in [6.07, 6.45) is 3.64. The normalized spacial score (nSPS) is 15.4. The molecule has 1 aromatic heterocycles. The molecule has 0 aliphatic carbocycles. The van der Waals surface area contributed by atoms with Gasteiger partial charge >= 0.3 is 0 Å². The second-order valence-corrected chi connectivity index (χ2v) is 19.5. The minimum Gasteiger partial charge on any atom is -0.468 e. The molecule has 0 saturated carbocycles. The molecule has 5 nitrogen and oxygen atoms in total. The van der Waals surface area contributed by atoms with Gasteiger partial charge in [-0.15, -0.1) is 0 Å². The highest BCUT2D eigenvalue weighted by Crippen LogP contribution is 2.39. The molecular formula is C14H13Br6N3O2. The van der Waals surface area contributed by atoms with Crippen LogP contribution >= 0.6 is 95.6 Å². The summed E-state index contributed by atoms with van der Waals surface area (Å²) in [6.45, 7) is 0. The van der Waals surface area contributed by atoms with Gasteiger partial charge in [0.05, 0.1) is 7.11 Å². The molecule has 0 radical (unpaired) electrons. The quantitative estimate of drug-likeness (QED) is 0.351. The molecule has 1 aromatic rings. The highest BCUT2D eigenvalue weighted by Gasteiger charge is 2.27. The summed E-state index contributed by atoms with van der Waals surface area (Å²) in [5.41, 5.74) is 0. The van der Waals surface area contributed by atoms with Gasteiger partial charge in [-0.3, -0.25) is 0 Å². The molecule has 2 rings (SSSR count). The summed E-state index contributed by atoms with van der Waals surface area (Å²) in [5, 5.41) is 3.24. The van der Waals surface area contributed by atoms with E-state index in [0.29, 0.717) is 31.0 Å². The Morgan fingerprint density at radius 1 is 1.04 bits per heavy atom. The van der Waals surface area contributed by atoms with Crippen LogP contribution in [0.3, 0.4) is 0 Å². The number of halogens is 6. The number of hydrogen-bond donors (Lipinski definition) is 1. The number of hydrogen-bond acceptors (Lipinski definition) is 5. The number of nitrogens with zero attached hydrogens (tertiary/aromatic N) is 2. The summed E-state index contributed by atoms with van der Waals surface area (Å²) in [5.74, 6) is 3.43. The summed E-state index contributed by atoms with van der Waals surface area (Å²) in [6, 6.07) is 3.65. The van der Waals surface area contributed by atoms with Crippen molar-refractivity contribution in [2.75, 3.05) is 7.11 Å². The predicted octanol–water partition coefficient (Wildman–Crippen LogP) is 6.53. The molecule has 138 valence electrons. The number of amidine groups is 2. The largest absolute Gasteiger partial charge is 0.468 e. The number of aliphatic imine (C=N–C) groups is 2. The molecule has 0 atom stereocenters. The second-order valence-electron chi connectivity index (χ2n) is 5.02. The monoisotopic (exact) mass is 729 g/mol. The topological polar surface area (TPSA) is 59.1 Å². The molecule has 0 bridgehead atoms. The van der Waals surface area contributed by atoms with Crippen LogP contribution in [0.2, 0.25) is 0 Å². The molecule has 0 unspecified atom stereocenters. The minimum absolute atomic E-state index is 0.435. The maximum Gasteiger partial charge on any atom is 0.284 e. The van der Waals surface area contributed by atoms with Gasteiger partial charge in [-0.2, -0.15) is 0 Å². The maximum atomic E-state index is 5.51. The Labute approximate surface area is 196 Å². The molecule has 0 spiro atoms. The van der Waals surface area contributed by atoms with Crippen LogP contribution in [0.1, 0.15) is 18.6 Å². The van der Waals surface area contributed by atoms with Crippen LogP contribution in [-0.2, 0) is 6.42 Å². The van der Waals surface area contributed by atoms with E-state index in [9.17, 15) is 0 Å². The molecule has 25 heavy (non-hydrogen) atoms. The molecule has 1 N–H and O–H groups in total. The van der Waals surface area contributed by atoms with Crippen molar-refractivity contribution in [3.8, 4) is 5.95 Å². The first-order chi connectivity index (χ1) is 11.5. The third kappa shape index (κ3) is 8.59. The van der Waals surface area contributed by atoms with Gasteiger partial charge < -0.3 is 14.5 Å². The Morgan fingerprint density at radius 3 is 2.04 bits per heavy atom. The molecule has 0 saturated heterocycles. The standard InChI is InChI=1S/C14H13Br6N3O2/c1-24-12-5-3-8(25-12)2-4-9-21-10(6-13(15,16)17)23-11(22-9)7-14(18,19)20/h3-5H,2,6-7H2,1H3,(H,21,22,23). The van der Waals surface area contributed by atoms with E-state index in [2.05, 4.69) is 111 Å². The smallest absolute Gasteiger partial charge is 0.284 e. The fourth-order valence-electron chi connectivity index (χ4n) is 1.93. The van der Waals surface area contributed by atoms with Crippen LogP contribution in [-0.4, -0.2) is 23.1 Å². The predicted molar refractivity (Wildman–Crippen MR) is 123 cm³/mol. The molecule has 0 amide bonds. The third-order valence-electron chi connectivity index (χ3n) is 2.85. The highest BCUT2D eigenvalue weighted by atomic mass is 80.0. The molecule has 1 aliphatic heterocycles. The van der Waals surface area contributed by atoms with Gasteiger partial charge in [0.1, 0.15) is 21.7 Å². The van der Waals surface area contributed by atoms with Gasteiger partial charge in [-0.25, -0.2) is 9.98 Å². The Bertz CT molecular complexity index is 666. The number of alkyl halides is 6. The molecule has 0 fully saturated rings. The van der Waals surface area contributed by atoms with Crippen molar-refractivity contribution in [1.82, 2.24) is 5.32 Å². The Morgan fingerprint density at radius 2 is 1.60 bits per heavy atom.